The highest BCUT2D eigenvalue weighted by atomic mass is 32.1. The quantitative estimate of drug-likeness (QED) is 0.303. The van der Waals surface area contributed by atoms with Gasteiger partial charge in [-0.2, -0.15) is 0 Å². The molecule has 0 spiro atoms. The second kappa shape index (κ2) is 7.84. The molecule has 9 heteroatoms. The van der Waals surface area contributed by atoms with Gasteiger partial charge >= 0.3 is 0 Å². The van der Waals surface area contributed by atoms with Crippen LogP contribution in [0.15, 0.2) is 54.0 Å². The fraction of sp³-hybridized carbons (Fsp3) is 0. The van der Waals surface area contributed by atoms with Crippen LogP contribution in [0.1, 0.15) is 25.6 Å². The maximum Gasteiger partial charge on any atom is 0.269 e. The summed E-state index contributed by atoms with van der Waals surface area (Å²) >= 11 is 1.22. The summed E-state index contributed by atoms with van der Waals surface area (Å²) in [4.78, 5) is 29.4. The second-order valence-electron chi connectivity index (χ2n) is 5.78. The largest absolute Gasteiger partial charge is 0.384 e. The van der Waals surface area contributed by atoms with E-state index in [4.69, 9.17) is 11.1 Å². The Morgan fingerprint density at radius 2 is 1.70 bits per heavy atom. The number of hydrogen-bond acceptors (Lipinski definition) is 5. The molecule has 27 heavy (non-hydrogen) atoms. The SMILES string of the molecule is Bc1ccc(NC(=O)c2sccc2NC(=O)c2ccc(C(=N)N)cc2)nc1. The molecule has 7 nitrogen and oxygen atoms in total. The Bertz CT molecular complexity index is 999. The van der Waals surface area contributed by atoms with Gasteiger partial charge < -0.3 is 16.4 Å². The molecule has 5 N–H and O–H groups in total. The second-order valence-corrected chi connectivity index (χ2v) is 6.70. The normalized spacial score (nSPS) is 10.2. The van der Waals surface area contributed by atoms with Crippen LogP contribution in [0.4, 0.5) is 11.5 Å². The molecule has 0 saturated heterocycles. The molecule has 0 fully saturated rings. The van der Waals surface area contributed by atoms with Gasteiger partial charge in [-0.25, -0.2) is 4.98 Å². The molecular weight excluding hydrogens is 361 g/mol. The van der Waals surface area contributed by atoms with E-state index in [-0.39, 0.29) is 17.6 Å². The van der Waals surface area contributed by atoms with Gasteiger partial charge in [-0.15, -0.1) is 11.3 Å². The summed E-state index contributed by atoms with van der Waals surface area (Å²) in [7, 11) is 1.91. The Balaban J connectivity index is 1.72. The number of thiophene rings is 1. The number of carbonyl (C=O) groups is 2. The third-order valence-corrected chi connectivity index (χ3v) is 4.64. The molecule has 0 saturated carbocycles. The first-order valence-corrected chi connectivity index (χ1v) is 8.89. The van der Waals surface area contributed by atoms with Crippen molar-refractivity contribution in [3.05, 3.63) is 70.0 Å². The van der Waals surface area contributed by atoms with Crippen molar-refractivity contribution in [3.8, 4) is 0 Å². The number of pyridine rings is 1. The standard InChI is InChI=1S/C18H16BN5O2S/c19-12-5-6-14(22-9-12)24-18(26)15-13(7-8-27-15)23-17(25)11-3-1-10(2-4-11)16(20)21/h1-9H,19H2,(H3,20,21)(H,23,25)(H,22,24,26). The summed E-state index contributed by atoms with van der Waals surface area (Å²) in [5.41, 5.74) is 7.76. The molecule has 3 aromatic rings. The minimum absolute atomic E-state index is 0.0662. The Kier molecular flexibility index (Phi) is 5.32. The average molecular weight is 377 g/mol. The van der Waals surface area contributed by atoms with Crippen LogP contribution in [0.2, 0.25) is 0 Å². The van der Waals surface area contributed by atoms with E-state index < -0.39 is 0 Å². The molecule has 0 bridgehead atoms. The lowest BCUT2D eigenvalue weighted by Crippen LogP contribution is -2.18. The van der Waals surface area contributed by atoms with Gasteiger partial charge in [-0.05, 0) is 29.6 Å². The molecule has 3 rings (SSSR count). The van der Waals surface area contributed by atoms with Crippen LogP contribution in [-0.2, 0) is 0 Å². The molecule has 134 valence electrons. The molecule has 0 aliphatic carbocycles. The molecule has 0 aliphatic heterocycles. The van der Waals surface area contributed by atoms with Crippen LogP contribution in [0, 0.1) is 5.41 Å². The van der Waals surface area contributed by atoms with E-state index in [1.807, 2.05) is 13.9 Å². The Morgan fingerprint density at radius 1 is 1.00 bits per heavy atom. The van der Waals surface area contributed by atoms with Crippen molar-refractivity contribution in [2.75, 3.05) is 10.6 Å². The Morgan fingerprint density at radius 3 is 2.33 bits per heavy atom. The summed E-state index contributed by atoms with van der Waals surface area (Å²) in [5.74, 6) is -0.325. The molecule has 0 radical (unpaired) electrons. The topological polar surface area (TPSA) is 121 Å². The molecule has 2 amide bonds. The third-order valence-electron chi connectivity index (χ3n) is 3.73. The first-order valence-electron chi connectivity index (χ1n) is 8.01. The summed E-state index contributed by atoms with van der Waals surface area (Å²) in [5, 5.41) is 14.6. The highest BCUT2D eigenvalue weighted by Crippen LogP contribution is 2.24. The van der Waals surface area contributed by atoms with Crippen LogP contribution >= 0.6 is 11.3 Å². The maximum atomic E-state index is 12.5. The predicted molar refractivity (Wildman–Crippen MR) is 110 cm³/mol. The van der Waals surface area contributed by atoms with E-state index in [1.54, 1.807) is 48.0 Å². The Hall–Kier alpha value is -3.46. The van der Waals surface area contributed by atoms with Crippen LogP contribution in [-0.4, -0.2) is 30.5 Å². The van der Waals surface area contributed by atoms with Crippen molar-refractivity contribution >= 4 is 53.8 Å². The predicted octanol–water partition coefficient (Wildman–Crippen LogP) is 1.19. The molecule has 2 heterocycles. The van der Waals surface area contributed by atoms with Crippen molar-refractivity contribution < 1.29 is 9.59 Å². The van der Waals surface area contributed by atoms with Gasteiger partial charge in [0.2, 0.25) is 0 Å². The molecule has 0 unspecified atom stereocenters. The fourth-order valence-electron chi connectivity index (χ4n) is 2.29. The first-order chi connectivity index (χ1) is 12.9. The molecule has 1 aromatic carbocycles. The lowest BCUT2D eigenvalue weighted by atomic mass is 9.99. The average Bonchev–Trinajstić information content (AvgIpc) is 3.12. The van der Waals surface area contributed by atoms with Gasteiger partial charge in [0.25, 0.3) is 11.8 Å². The Labute approximate surface area is 160 Å². The van der Waals surface area contributed by atoms with Gasteiger partial charge in [-0.1, -0.05) is 23.7 Å². The van der Waals surface area contributed by atoms with Crippen molar-refractivity contribution in [2.45, 2.75) is 0 Å². The van der Waals surface area contributed by atoms with E-state index in [9.17, 15) is 9.59 Å². The number of nitrogen functional groups attached to an aromatic ring is 1. The number of rotatable bonds is 5. The monoisotopic (exact) mass is 377 g/mol. The van der Waals surface area contributed by atoms with Crippen LogP contribution < -0.4 is 21.8 Å². The van der Waals surface area contributed by atoms with Gasteiger partial charge in [0.1, 0.15) is 24.4 Å². The summed E-state index contributed by atoms with van der Waals surface area (Å²) in [6.45, 7) is 0. The highest BCUT2D eigenvalue weighted by molar-refractivity contribution is 7.12. The summed E-state index contributed by atoms with van der Waals surface area (Å²) in [6.07, 6.45) is 1.66. The van der Waals surface area contributed by atoms with E-state index in [0.717, 1.165) is 5.46 Å². The lowest BCUT2D eigenvalue weighted by Gasteiger charge is -2.08. The van der Waals surface area contributed by atoms with Gasteiger partial charge in [0.05, 0.1) is 5.69 Å². The van der Waals surface area contributed by atoms with Crippen LogP contribution in [0.5, 0.6) is 0 Å². The number of amides is 2. The zero-order valence-electron chi connectivity index (χ0n) is 14.4. The van der Waals surface area contributed by atoms with E-state index in [2.05, 4.69) is 15.6 Å². The highest BCUT2D eigenvalue weighted by Gasteiger charge is 2.16. The fourth-order valence-corrected chi connectivity index (χ4v) is 3.04. The molecule has 2 aromatic heterocycles. The maximum absolute atomic E-state index is 12.5. The minimum atomic E-state index is -0.356. The van der Waals surface area contributed by atoms with Crippen molar-refractivity contribution in [1.29, 1.82) is 5.41 Å². The third kappa shape index (κ3) is 4.39. The number of carbonyl (C=O) groups excluding carboxylic acids is 2. The van der Waals surface area contributed by atoms with Crippen LogP contribution in [0.3, 0.4) is 0 Å². The van der Waals surface area contributed by atoms with Gasteiger partial charge in [-0.3, -0.25) is 15.0 Å². The van der Waals surface area contributed by atoms with E-state index >= 15 is 0 Å². The number of nitrogens with one attached hydrogen (secondary N) is 3. The number of nitrogens with zero attached hydrogens (tertiary/aromatic N) is 1. The molecular formula is C18H16BN5O2S. The number of amidine groups is 1. The lowest BCUT2D eigenvalue weighted by molar-refractivity contribution is 0.102. The number of aromatic nitrogens is 1. The number of hydrogen-bond donors (Lipinski definition) is 4. The van der Waals surface area contributed by atoms with Crippen LogP contribution in [0.25, 0.3) is 0 Å². The van der Waals surface area contributed by atoms with Gasteiger partial charge in [0.15, 0.2) is 0 Å². The summed E-state index contributed by atoms with van der Waals surface area (Å²) < 4.78 is 0. The molecule has 0 aliphatic rings. The zero-order valence-corrected chi connectivity index (χ0v) is 15.3. The van der Waals surface area contributed by atoms with Crippen molar-refractivity contribution in [1.82, 2.24) is 4.98 Å². The van der Waals surface area contributed by atoms with E-state index in [0.29, 0.717) is 27.5 Å². The van der Waals surface area contributed by atoms with Crippen molar-refractivity contribution in [3.63, 3.8) is 0 Å². The first kappa shape index (κ1) is 18.3. The smallest absolute Gasteiger partial charge is 0.269 e. The minimum Gasteiger partial charge on any atom is -0.384 e. The zero-order chi connectivity index (χ0) is 19.4. The van der Waals surface area contributed by atoms with Gasteiger partial charge in [0, 0.05) is 17.3 Å². The van der Waals surface area contributed by atoms with E-state index in [1.165, 1.54) is 11.3 Å². The number of nitrogens with two attached hydrogens (primary N) is 1. The number of anilines is 2. The summed E-state index contributed by atoms with van der Waals surface area (Å²) in [6, 6.07) is 11.6. The number of benzene rings is 1. The van der Waals surface area contributed by atoms with Crippen molar-refractivity contribution in [2.24, 2.45) is 5.73 Å². The molecule has 0 atom stereocenters.